The van der Waals surface area contributed by atoms with E-state index >= 15 is 0 Å². The minimum atomic E-state index is -0.590. The van der Waals surface area contributed by atoms with Gasteiger partial charge in [-0.1, -0.05) is 20.8 Å². The SMILES string of the molecule is COc1cc2nccc(Oc3ccc(NC(=O)NC4CC(C)CC(C)(C)C4)c(F)c3)c2cc1OC. The summed E-state index contributed by atoms with van der Waals surface area (Å²) >= 11 is 0. The van der Waals surface area contributed by atoms with Gasteiger partial charge in [-0.25, -0.2) is 9.18 Å². The Bertz CT molecular complexity index is 1230. The Balaban J connectivity index is 1.47. The van der Waals surface area contributed by atoms with Crippen molar-refractivity contribution in [3.63, 3.8) is 0 Å². The Morgan fingerprint density at radius 2 is 1.80 bits per heavy atom. The van der Waals surface area contributed by atoms with E-state index in [0.717, 1.165) is 19.3 Å². The fraction of sp³-hybridized carbons (Fsp3) is 0.407. The van der Waals surface area contributed by atoms with Crippen LogP contribution in [-0.2, 0) is 0 Å². The monoisotopic (exact) mass is 481 g/mol. The molecular weight excluding hydrogens is 449 g/mol. The third-order valence-electron chi connectivity index (χ3n) is 6.35. The number of nitrogens with zero attached hydrogens (tertiary/aromatic N) is 1. The number of carbonyl (C=O) groups is 1. The number of carbonyl (C=O) groups excluding carboxylic acids is 1. The van der Waals surface area contributed by atoms with E-state index in [0.29, 0.717) is 39.8 Å². The number of fused-ring (bicyclic) bond motifs is 1. The Hall–Kier alpha value is -3.55. The van der Waals surface area contributed by atoms with E-state index < -0.39 is 11.8 Å². The molecule has 35 heavy (non-hydrogen) atoms. The normalized spacial score (nSPS) is 19.1. The molecule has 0 aliphatic heterocycles. The van der Waals surface area contributed by atoms with E-state index in [1.54, 1.807) is 44.7 Å². The number of anilines is 1. The highest BCUT2D eigenvalue weighted by Crippen LogP contribution is 2.39. The van der Waals surface area contributed by atoms with E-state index in [1.807, 2.05) is 0 Å². The number of hydrogen-bond donors (Lipinski definition) is 2. The van der Waals surface area contributed by atoms with Crippen molar-refractivity contribution < 1.29 is 23.4 Å². The number of ether oxygens (including phenoxy) is 3. The Kier molecular flexibility index (Phi) is 7.00. The third-order valence-corrected chi connectivity index (χ3v) is 6.35. The summed E-state index contributed by atoms with van der Waals surface area (Å²) in [6.07, 6.45) is 4.56. The molecule has 0 spiro atoms. The number of halogens is 1. The fourth-order valence-electron chi connectivity index (χ4n) is 5.12. The molecule has 1 aliphatic carbocycles. The van der Waals surface area contributed by atoms with Gasteiger partial charge in [0.15, 0.2) is 11.5 Å². The molecule has 2 atom stereocenters. The van der Waals surface area contributed by atoms with Crippen LogP contribution in [0.2, 0.25) is 0 Å². The van der Waals surface area contributed by atoms with Crippen molar-refractivity contribution in [2.75, 3.05) is 19.5 Å². The molecule has 0 radical (unpaired) electrons. The van der Waals surface area contributed by atoms with Crippen LogP contribution in [0.1, 0.15) is 40.0 Å². The molecule has 7 nitrogen and oxygen atoms in total. The zero-order valence-electron chi connectivity index (χ0n) is 20.8. The first-order valence-corrected chi connectivity index (χ1v) is 11.7. The van der Waals surface area contributed by atoms with Gasteiger partial charge >= 0.3 is 6.03 Å². The largest absolute Gasteiger partial charge is 0.493 e. The van der Waals surface area contributed by atoms with Gasteiger partial charge in [0.1, 0.15) is 17.3 Å². The van der Waals surface area contributed by atoms with Crippen LogP contribution in [0.25, 0.3) is 10.9 Å². The number of methoxy groups -OCH3 is 2. The van der Waals surface area contributed by atoms with Crippen molar-refractivity contribution in [1.29, 1.82) is 0 Å². The van der Waals surface area contributed by atoms with Crippen LogP contribution < -0.4 is 24.8 Å². The third kappa shape index (κ3) is 5.75. The van der Waals surface area contributed by atoms with E-state index in [1.165, 1.54) is 12.1 Å². The van der Waals surface area contributed by atoms with Gasteiger partial charge < -0.3 is 24.8 Å². The molecule has 1 saturated carbocycles. The molecule has 0 bridgehead atoms. The summed E-state index contributed by atoms with van der Waals surface area (Å²) in [5, 5.41) is 6.32. The Morgan fingerprint density at radius 3 is 2.49 bits per heavy atom. The van der Waals surface area contributed by atoms with Gasteiger partial charge in [-0.3, -0.25) is 4.98 Å². The average molecular weight is 482 g/mol. The first kappa shape index (κ1) is 24.6. The topological polar surface area (TPSA) is 81.7 Å². The second-order valence-corrected chi connectivity index (χ2v) is 9.99. The van der Waals surface area contributed by atoms with E-state index in [2.05, 4.69) is 36.4 Å². The van der Waals surface area contributed by atoms with Gasteiger partial charge in [0, 0.05) is 29.8 Å². The highest BCUT2D eigenvalue weighted by atomic mass is 19.1. The molecule has 1 aliphatic rings. The quantitative estimate of drug-likeness (QED) is 0.419. The lowest BCUT2D eigenvalue weighted by Gasteiger charge is -2.39. The molecule has 0 saturated heterocycles. The van der Waals surface area contributed by atoms with Gasteiger partial charge in [0.2, 0.25) is 0 Å². The summed E-state index contributed by atoms with van der Waals surface area (Å²) in [6, 6.07) is 9.21. The number of urea groups is 1. The summed E-state index contributed by atoms with van der Waals surface area (Å²) in [4.78, 5) is 16.9. The Labute approximate surface area is 205 Å². The molecule has 1 heterocycles. The van der Waals surface area contributed by atoms with Gasteiger partial charge in [0.05, 0.1) is 25.4 Å². The molecule has 2 unspecified atom stereocenters. The minimum Gasteiger partial charge on any atom is -0.493 e. The van der Waals surface area contributed by atoms with Crippen LogP contribution >= 0.6 is 0 Å². The molecule has 1 fully saturated rings. The van der Waals surface area contributed by atoms with E-state index in [9.17, 15) is 9.18 Å². The predicted molar refractivity (Wildman–Crippen MR) is 134 cm³/mol. The van der Waals surface area contributed by atoms with Crippen LogP contribution in [0, 0.1) is 17.2 Å². The maximum Gasteiger partial charge on any atom is 0.319 e. The van der Waals surface area contributed by atoms with Crippen molar-refractivity contribution in [2.24, 2.45) is 11.3 Å². The summed E-state index contributed by atoms with van der Waals surface area (Å²) < 4.78 is 31.5. The molecule has 3 aromatic rings. The highest BCUT2D eigenvalue weighted by Gasteiger charge is 2.32. The Morgan fingerprint density at radius 1 is 1.06 bits per heavy atom. The second-order valence-electron chi connectivity index (χ2n) is 9.99. The van der Waals surface area contributed by atoms with Crippen LogP contribution in [-0.4, -0.2) is 31.3 Å². The van der Waals surface area contributed by atoms with Crippen molar-refractivity contribution in [3.8, 4) is 23.0 Å². The number of amides is 2. The zero-order chi connectivity index (χ0) is 25.2. The van der Waals surface area contributed by atoms with Crippen molar-refractivity contribution in [2.45, 2.75) is 46.1 Å². The molecule has 186 valence electrons. The van der Waals surface area contributed by atoms with Crippen LogP contribution in [0.3, 0.4) is 0 Å². The summed E-state index contributed by atoms with van der Waals surface area (Å²) in [5.74, 6) is 1.80. The lowest BCUT2D eigenvalue weighted by Crippen LogP contribution is -2.44. The van der Waals surface area contributed by atoms with Crippen LogP contribution in [0.5, 0.6) is 23.0 Å². The molecule has 8 heteroatoms. The first-order valence-electron chi connectivity index (χ1n) is 11.7. The van der Waals surface area contributed by atoms with Crippen LogP contribution in [0.15, 0.2) is 42.6 Å². The lowest BCUT2D eigenvalue weighted by molar-refractivity contribution is 0.154. The summed E-state index contributed by atoms with van der Waals surface area (Å²) in [6.45, 7) is 6.63. The number of rotatable bonds is 6. The number of benzene rings is 2. The van der Waals surface area contributed by atoms with Gasteiger partial charge in [0.25, 0.3) is 0 Å². The molecule has 1 aromatic heterocycles. The van der Waals surface area contributed by atoms with Gasteiger partial charge in [-0.15, -0.1) is 0 Å². The number of hydrogen-bond acceptors (Lipinski definition) is 5. The van der Waals surface area contributed by atoms with Crippen molar-refractivity contribution in [1.82, 2.24) is 10.3 Å². The summed E-state index contributed by atoms with van der Waals surface area (Å²) in [5.41, 5.74) is 0.909. The van der Waals surface area contributed by atoms with Crippen molar-refractivity contribution >= 4 is 22.6 Å². The van der Waals surface area contributed by atoms with Gasteiger partial charge in [-0.2, -0.15) is 0 Å². The lowest BCUT2D eigenvalue weighted by atomic mass is 9.71. The summed E-state index contributed by atoms with van der Waals surface area (Å²) in [7, 11) is 3.10. The molecule has 2 aromatic carbocycles. The van der Waals surface area contributed by atoms with Gasteiger partial charge in [-0.05, 0) is 54.9 Å². The van der Waals surface area contributed by atoms with Crippen LogP contribution in [0.4, 0.5) is 14.9 Å². The highest BCUT2D eigenvalue weighted by molar-refractivity contribution is 5.90. The maximum atomic E-state index is 14.8. The standard InChI is InChI=1S/C27H32FN3O4/c1-16-10-17(15-27(2,3)14-16)30-26(32)31-21-7-6-18(11-20(21)28)35-23-8-9-29-22-13-25(34-5)24(33-4)12-19(22)23/h6-9,11-13,16-17H,10,14-15H2,1-5H3,(H2,30,31,32). The van der Waals surface area contributed by atoms with E-state index in [4.69, 9.17) is 14.2 Å². The van der Waals surface area contributed by atoms with Crippen molar-refractivity contribution in [3.05, 3.63) is 48.4 Å². The molecule has 2 amide bonds. The van der Waals surface area contributed by atoms with E-state index in [-0.39, 0.29) is 17.1 Å². The molecule has 4 rings (SSSR count). The predicted octanol–water partition coefficient (Wildman–Crippen LogP) is 6.52. The molecular formula is C27H32FN3O4. The first-order chi connectivity index (χ1) is 16.7. The second kappa shape index (κ2) is 9.98. The smallest absolute Gasteiger partial charge is 0.319 e. The maximum absolute atomic E-state index is 14.8. The minimum absolute atomic E-state index is 0.0648. The average Bonchev–Trinajstić information content (AvgIpc) is 2.78. The number of pyridine rings is 1. The number of aromatic nitrogens is 1. The zero-order valence-corrected chi connectivity index (χ0v) is 20.8. The molecule has 2 N–H and O–H groups in total. The number of nitrogens with one attached hydrogen (secondary N) is 2. The fourth-order valence-corrected chi connectivity index (χ4v) is 5.12.